The van der Waals surface area contributed by atoms with E-state index in [2.05, 4.69) is 0 Å². The van der Waals surface area contributed by atoms with Crippen LogP contribution in [-0.4, -0.2) is 5.97 Å². The molecule has 0 unspecified atom stereocenters. The molecule has 168 valence electrons. The fourth-order valence-electron chi connectivity index (χ4n) is 4.08. The monoisotopic (exact) mass is 454 g/mol. The van der Waals surface area contributed by atoms with E-state index in [-0.39, 0.29) is 23.7 Å². The maximum absolute atomic E-state index is 13.0. The van der Waals surface area contributed by atoms with Gasteiger partial charge in [-0.15, -0.1) is 0 Å². The highest BCUT2D eigenvalue weighted by atomic mass is 19.4. The van der Waals surface area contributed by atoms with Gasteiger partial charge in [-0.25, -0.2) is 9.59 Å². The van der Waals surface area contributed by atoms with E-state index in [9.17, 15) is 22.8 Å². The van der Waals surface area contributed by atoms with Gasteiger partial charge >= 0.3 is 17.8 Å². The van der Waals surface area contributed by atoms with Gasteiger partial charge in [0.2, 0.25) is 5.76 Å². The van der Waals surface area contributed by atoms with Gasteiger partial charge in [-0.05, 0) is 66.8 Å². The fourth-order valence-corrected chi connectivity index (χ4v) is 4.08. The molecule has 0 radical (unpaired) electrons. The first-order chi connectivity index (χ1) is 15.8. The lowest BCUT2D eigenvalue weighted by molar-refractivity contribution is -0.137. The first-order valence-electron chi connectivity index (χ1n) is 10.3. The Morgan fingerprint density at radius 2 is 1.76 bits per heavy atom. The minimum atomic E-state index is -4.49. The lowest BCUT2D eigenvalue weighted by Gasteiger charge is -2.08. The first kappa shape index (κ1) is 21.1. The Balaban J connectivity index is 1.36. The number of carbonyl (C=O) groups excluding carboxylic acids is 1. The number of benzene rings is 2. The maximum atomic E-state index is 13.0. The van der Waals surface area contributed by atoms with Crippen molar-refractivity contribution in [3.63, 3.8) is 0 Å². The number of furan rings is 1. The minimum absolute atomic E-state index is 0.106. The zero-order valence-electron chi connectivity index (χ0n) is 17.2. The summed E-state index contributed by atoms with van der Waals surface area (Å²) in [4.78, 5) is 24.5. The van der Waals surface area contributed by atoms with Crippen molar-refractivity contribution in [3.05, 3.63) is 93.0 Å². The number of ether oxygens (including phenoxy) is 1. The van der Waals surface area contributed by atoms with Crippen molar-refractivity contribution in [1.29, 1.82) is 0 Å². The van der Waals surface area contributed by atoms with Gasteiger partial charge < -0.3 is 13.6 Å². The Morgan fingerprint density at radius 1 is 0.970 bits per heavy atom. The number of alkyl halides is 3. The Labute approximate surface area is 185 Å². The van der Waals surface area contributed by atoms with E-state index in [0.717, 1.165) is 37.0 Å². The number of carbonyl (C=O) groups is 1. The molecule has 2 aromatic heterocycles. The summed E-state index contributed by atoms with van der Waals surface area (Å²) in [6.45, 7) is -0.181. The van der Waals surface area contributed by atoms with Crippen molar-refractivity contribution in [1.82, 2.24) is 0 Å². The highest BCUT2D eigenvalue weighted by molar-refractivity contribution is 5.88. The summed E-state index contributed by atoms with van der Waals surface area (Å²) in [5.41, 5.74) is 2.11. The molecule has 0 atom stereocenters. The molecule has 1 aliphatic carbocycles. The number of rotatable bonds is 4. The molecule has 5 rings (SSSR count). The lowest BCUT2D eigenvalue weighted by atomic mass is 10.0. The second kappa shape index (κ2) is 7.95. The molecule has 0 bridgehead atoms. The standard InChI is InChI=1S/C25H17F3O5/c26-25(27,28)18-6-2-5-16(9-18)20-7-8-21(32-20)24(30)31-13-17-12-23(29)33-22-11-15-4-1-3-14(15)10-19(17)22/h2,5-12H,1,3-4,13H2. The van der Waals surface area contributed by atoms with E-state index < -0.39 is 23.3 Å². The van der Waals surface area contributed by atoms with E-state index in [1.165, 1.54) is 35.9 Å². The Kier molecular flexibility index (Phi) is 5.08. The number of fused-ring (bicyclic) bond motifs is 2. The van der Waals surface area contributed by atoms with Crippen molar-refractivity contribution in [2.75, 3.05) is 0 Å². The minimum Gasteiger partial charge on any atom is -0.455 e. The van der Waals surface area contributed by atoms with E-state index in [1.807, 2.05) is 12.1 Å². The summed E-state index contributed by atoms with van der Waals surface area (Å²) in [5.74, 6) is -0.847. The molecule has 0 aliphatic heterocycles. The highest BCUT2D eigenvalue weighted by Crippen LogP contribution is 2.33. The third kappa shape index (κ3) is 4.16. The normalized spacial score (nSPS) is 13.3. The van der Waals surface area contributed by atoms with Crippen LogP contribution in [0.3, 0.4) is 0 Å². The first-order valence-corrected chi connectivity index (χ1v) is 10.3. The molecule has 0 fully saturated rings. The van der Waals surface area contributed by atoms with Crippen molar-refractivity contribution in [2.45, 2.75) is 32.0 Å². The Morgan fingerprint density at radius 3 is 2.55 bits per heavy atom. The van der Waals surface area contributed by atoms with Gasteiger partial charge in [0.1, 0.15) is 18.0 Å². The molecule has 33 heavy (non-hydrogen) atoms. The van der Waals surface area contributed by atoms with Crippen molar-refractivity contribution in [2.24, 2.45) is 0 Å². The van der Waals surface area contributed by atoms with Crippen molar-refractivity contribution in [3.8, 4) is 11.3 Å². The summed E-state index contributed by atoms with van der Waals surface area (Å²) >= 11 is 0. The molecule has 0 spiro atoms. The van der Waals surface area contributed by atoms with Crippen LogP contribution in [0, 0.1) is 0 Å². The van der Waals surface area contributed by atoms with Gasteiger partial charge in [-0.2, -0.15) is 13.2 Å². The van der Waals surface area contributed by atoms with Crippen LogP contribution in [0.5, 0.6) is 0 Å². The van der Waals surface area contributed by atoms with Crippen LogP contribution >= 0.6 is 0 Å². The van der Waals surface area contributed by atoms with Crippen molar-refractivity contribution < 1.29 is 31.5 Å². The molecular formula is C25H17F3O5. The Bertz CT molecular complexity index is 1430. The highest BCUT2D eigenvalue weighted by Gasteiger charge is 2.30. The molecule has 8 heteroatoms. The van der Waals surface area contributed by atoms with Crippen LogP contribution in [0.2, 0.25) is 0 Å². The second-order valence-electron chi connectivity index (χ2n) is 7.88. The van der Waals surface area contributed by atoms with Gasteiger partial charge in [0.05, 0.1) is 5.56 Å². The average molecular weight is 454 g/mol. The maximum Gasteiger partial charge on any atom is 0.416 e. The molecular weight excluding hydrogens is 437 g/mol. The van der Waals surface area contributed by atoms with E-state index in [1.54, 1.807) is 0 Å². The number of esters is 1. The molecule has 4 aromatic rings. The zero-order valence-corrected chi connectivity index (χ0v) is 17.2. The molecule has 2 heterocycles. The molecule has 0 amide bonds. The molecule has 0 N–H and O–H groups in total. The van der Waals surface area contributed by atoms with Gasteiger partial charge in [0.25, 0.3) is 0 Å². The quantitative estimate of drug-likeness (QED) is 0.283. The Hall–Kier alpha value is -3.81. The predicted octanol–water partition coefficient (Wildman–Crippen LogP) is 5.92. The van der Waals surface area contributed by atoms with Crippen LogP contribution < -0.4 is 5.63 Å². The van der Waals surface area contributed by atoms with Gasteiger partial charge in [-0.3, -0.25) is 0 Å². The lowest BCUT2D eigenvalue weighted by Crippen LogP contribution is -2.07. The van der Waals surface area contributed by atoms with Crippen LogP contribution in [0.4, 0.5) is 13.2 Å². The number of aryl methyl sites for hydroxylation is 2. The average Bonchev–Trinajstić information content (AvgIpc) is 3.45. The molecule has 5 nitrogen and oxygen atoms in total. The van der Waals surface area contributed by atoms with Crippen LogP contribution in [0.25, 0.3) is 22.3 Å². The second-order valence-corrected chi connectivity index (χ2v) is 7.88. The molecule has 0 saturated heterocycles. The summed E-state index contributed by atoms with van der Waals surface area (Å²) in [6, 6.07) is 12.5. The smallest absolute Gasteiger partial charge is 0.416 e. The zero-order chi connectivity index (χ0) is 23.2. The van der Waals surface area contributed by atoms with Crippen molar-refractivity contribution >= 4 is 16.9 Å². The SMILES string of the molecule is O=C(OCc1cc(=O)oc2cc3c(cc12)CCC3)c1ccc(-c2cccc(C(F)(F)F)c2)o1. The molecule has 2 aromatic carbocycles. The summed E-state index contributed by atoms with van der Waals surface area (Å²) in [5, 5.41) is 0.701. The van der Waals surface area contributed by atoms with Crippen LogP contribution in [0.1, 0.15) is 39.2 Å². The third-order valence-electron chi connectivity index (χ3n) is 5.68. The van der Waals surface area contributed by atoms with E-state index >= 15 is 0 Å². The van der Waals surface area contributed by atoms with Crippen LogP contribution in [-0.2, 0) is 30.4 Å². The third-order valence-corrected chi connectivity index (χ3v) is 5.68. The van der Waals surface area contributed by atoms with Gasteiger partial charge in [-0.1, -0.05) is 12.1 Å². The predicted molar refractivity (Wildman–Crippen MR) is 113 cm³/mol. The summed E-state index contributed by atoms with van der Waals surface area (Å²) in [7, 11) is 0. The topological polar surface area (TPSA) is 69.7 Å². The number of hydrogen-bond donors (Lipinski definition) is 0. The van der Waals surface area contributed by atoms with Gasteiger partial charge in [0, 0.05) is 22.6 Å². The summed E-state index contributed by atoms with van der Waals surface area (Å²) in [6.07, 6.45) is -1.59. The number of hydrogen-bond acceptors (Lipinski definition) is 5. The fraction of sp³-hybridized carbons (Fsp3) is 0.200. The van der Waals surface area contributed by atoms with Gasteiger partial charge in [0.15, 0.2) is 0 Å². The largest absolute Gasteiger partial charge is 0.455 e. The number of halogens is 3. The molecule has 1 aliphatic rings. The van der Waals surface area contributed by atoms with E-state index in [4.69, 9.17) is 13.6 Å². The molecule has 0 saturated carbocycles. The van der Waals surface area contributed by atoms with Crippen LogP contribution in [0.15, 0.2) is 68.2 Å². The summed E-state index contributed by atoms with van der Waals surface area (Å²) < 4.78 is 55.0. The van der Waals surface area contributed by atoms with E-state index in [0.29, 0.717) is 16.5 Å².